The van der Waals surface area contributed by atoms with Gasteiger partial charge in [-0.15, -0.1) is 0 Å². The van der Waals surface area contributed by atoms with Crippen LogP contribution in [0.5, 0.6) is 0 Å². The zero-order valence-corrected chi connectivity index (χ0v) is 12.9. The smallest absolute Gasteiger partial charge is 0.412 e. The Balaban J connectivity index is 2.00. The molecule has 21 heavy (non-hydrogen) atoms. The van der Waals surface area contributed by atoms with Crippen LogP contribution in [0.3, 0.4) is 0 Å². The van der Waals surface area contributed by atoms with E-state index in [2.05, 4.69) is 10.6 Å². The SMILES string of the molecule is CC(C)(C)OC(=O)Nc1ccccc1NC1CCOCC1. The van der Waals surface area contributed by atoms with Gasteiger partial charge in [0, 0.05) is 19.3 Å². The maximum atomic E-state index is 11.9. The van der Waals surface area contributed by atoms with Crippen molar-refractivity contribution in [1.82, 2.24) is 0 Å². The number of rotatable bonds is 3. The number of carbonyl (C=O) groups excluding carboxylic acids is 1. The molecule has 1 saturated heterocycles. The number of hydrogen-bond acceptors (Lipinski definition) is 4. The van der Waals surface area contributed by atoms with Gasteiger partial charge in [-0.05, 0) is 45.7 Å². The monoisotopic (exact) mass is 292 g/mol. The summed E-state index contributed by atoms with van der Waals surface area (Å²) >= 11 is 0. The van der Waals surface area contributed by atoms with Crippen molar-refractivity contribution in [2.24, 2.45) is 0 Å². The molecule has 0 saturated carbocycles. The fourth-order valence-corrected chi connectivity index (χ4v) is 2.19. The third kappa shape index (κ3) is 5.27. The lowest BCUT2D eigenvalue weighted by Crippen LogP contribution is -2.29. The van der Waals surface area contributed by atoms with Gasteiger partial charge < -0.3 is 14.8 Å². The number of anilines is 2. The van der Waals surface area contributed by atoms with E-state index in [0.717, 1.165) is 37.4 Å². The van der Waals surface area contributed by atoms with E-state index < -0.39 is 11.7 Å². The molecule has 116 valence electrons. The molecule has 1 amide bonds. The lowest BCUT2D eigenvalue weighted by Gasteiger charge is -2.26. The highest BCUT2D eigenvalue weighted by molar-refractivity contribution is 5.89. The second-order valence-corrected chi connectivity index (χ2v) is 6.20. The van der Waals surface area contributed by atoms with Crippen LogP contribution in [0.2, 0.25) is 0 Å². The lowest BCUT2D eigenvalue weighted by molar-refractivity contribution is 0.0636. The van der Waals surface area contributed by atoms with Crippen LogP contribution in [-0.4, -0.2) is 30.9 Å². The predicted molar refractivity (Wildman–Crippen MR) is 83.8 cm³/mol. The minimum atomic E-state index is -0.507. The van der Waals surface area contributed by atoms with Crippen molar-refractivity contribution >= 4 is 17.5 Å². The van der Waals surface area contributed by atoms with Gasteiger partial charge in [0.1, 0.15) is 5.60 Å². The van der Waals surface area contributed by atoms with Crippen LogP contribution in [0.4, 0.5) is 16.2 Å². The summed E-state index contributed by atoms with van der Waals surface area (Å²) in [5.41, 5.74) is 1.14. The molecule has 1 aromatic rings. The van der Waals surface area contributed by atoms with Gasteiger partial charge in [-0.3, -0.25) is 5.32 Å². The normalized spacial score (nSPS) is 16.3. The highest BCUT2D eigenvalue weighted by atomic mass is 16.6. The minimum absolute atomic E-state index is 0.375. The van der Waals surface area contributed by atoms with Crippen LogP contribution < -0.4 is 10.6 Å². The summed E-state index contributed by atoms with van der Waals surface area (Å²) in [4.78, 5) is 11.9. The molecule has 1 heterocycles. The van der Waals surface area contributed by atoms with Crippen molar-refractivity contribution in [1.29, 1.82) is 0 Å². The van der Waals surface area contributed by atoms with Gasteiger partial charge in [-0.25, -0.2) is 4.79 Å². The van der Waals surface area contributed by atoms with Crippen LogP contribution >= 0.6 is 0 Å². The Morgan fingerprint density at radius 3 is 2.43 bits per heavy atom. The first-order valence-corrected chi connectivity index (χ1v) is 7.37. The molecule has 0 unspecified atom stereocenters. The number of ether oxygens (including phenoxy) is 2. The van der Waals surface area contributed by atoms with Crippen molar-refractivity contribution in [2.75, 3.05) is 23.8 Å². The van der Waals surface area contributed by atoms with E-state index in [9.17, 15) is 4.79 Å². The fraction of sp³-hybridized carbons (Fsp3) is 0.562. The van der Waals surface area contributed by atoms with E-state index in [1.54, 1.807) is 0 Å². The molecule has 2 rings (SSSR count). The Morgan fingerprint density at radius 2 is 1.81 bits per heavy atom. The number of para-hydroxylation sites is 2. The summed E-state index contributed by atoms with van der Waals surface area (Å²) in [6, 6.07) is 8.04. The van der Waals surface area contributed by atoms with E-state index in [1.165, 1.54) is 0 Å². The summed E-state index contributed by atoms with van der Waals surface area (Å²) in [5.74, 6) is 0. The molecule has 5 heteroatoms. The largest absolute Gasteiger partial charge is 0.444 e. The first-order valence-electron chi connectivity index (χ1n) is 7.37. The topological polar surface area (TPSA) is 59.6 Å². The molecule has 1 aromatic carbocycles. The van der Waals surface area contributed by atoms with Crippen LogP contribution in [0.15, 0.2) is 24.3 Å². The van der Waals surface area contributed by atoms with E-state index in [1.807, 2.05) is 45.0 Å². The Kier molecular flexibility index (Phi) is 5.07. The molecular formula is C16H24N2O3. The van der Waals surface area contributed by atoms with Crippen molar-refractivity contribution < 1.29 is 14.3 Å². The number of carbonyl (C=O) groups is 1. The quantitative estimate of drug-likeness (QED) is 0.893. The maximum absolute atomic E-state index is 11.9. The van der Waals surface area contributed by atoms with Gasteiger partial charge in [0.05, 0.1) is 11.4 Å². The summed E-state index contributed by atoms with van der Waals surface area (Å²) in [7, 11) is 0. The summed E-state index contributed by atoms with van der Waals surface area (Å²) in [6.07, 6.45) is 1.50. The summed E-state index contributed by atoms with van der Waals surface area (Å²) in [5, 5.41) is 6.27. The zero-order chi connectivity index (χ0) is 15.3. The summed E-state index contributed by atoms with van der Waals surface area (Å²) in [6.45, 7) is 7.09. The van der Waals surface area contributed by atoms with Gasteiger partial charge in [0.15, 0.2) is 0 Å². The fourth-order valence-electron chi connectivity index (χ4n) is 2.19. The molecule has 0 spiro atoms. The predicted octanol–water partition coefficient (Wildman–Crippen LogP) is 3.62. The number of nitrogens with one attached hydrogen (secondary N) is 2. The molecule has 0 bridgehead atoms. The van der Waals surface area contributed by atoms with E-state index in [-0.39, 0.29) is 0 Å². The molecule has 0 aliphatic carbocycles. The lowest BCUT2D eigenvalue weighted by atomic mass is 10.1. The second kappa shape index (κ2) is 6.80. The van der Waals surface area contributed by atoms with Crippen LogP contribution in [0.25, 0.3) is 0 Å². The molecule has 0 radical (unpaired) electrons. The molecule has 0 aromatic heterocycles. The average Bonchev–Trinajstić information content (AvgIpc) is 2.40. The van der Waals surface area contributed by atoms with E-state index in [4.69, 9.17) is 9.47 Å². The third-order valence-electron chi connectivity index (χ3n) is 3.14. The minimum Gasteiger partial charge on any atom is -0.444 e. The van der Waals surface area contributed by atoms with Crippen molar-refractivity contribution in [3.8, 4) is 0 Å². The van der Waals surface area contributed by atoms with Crippen molar-refractivity contribution in [2.45, 2.75) is 45.3 Å². The molecule has 0 atom stereocenters. The molecule has 5 nitrogen and oxygen atoms in total. The Morgan fingerprint density at radius 1 is 1.19 bits per heavy atom. The molecule has 1 fully saturated rings. The molecular weight excluding hydrogens is 268 g/mol. The van der Waals surface area contributed by atoms with Gasteiger partial charge in [-0.1, -0.05) is 12.1 Å². The summed E-state index contributed by atoms with van der Waals surface area (Å²) < 4.78 is 10.6. The Hall–Kier alpha value is -1.75. The highest BCUT2D eigenvalue weighted by Gasteiger charge is 2.18. The van der Waals surface area contributed by atoms with Crippen LogP contribution in [0, 0.1) is 0 Å². The standard InChI is InChI=1S/C16H24N2O3/c1-16(2,3)21-15(19)18-14-7-5-4-6-13(14)17-12-8-10-20-11-9-12/h4-7,12,17H,8-11H2,1-3H3,(H,18,19). The van der Waals surface area contributed by atoms with Gasteiger partial charge in [0.2, 0.25) is 0 Å². The first-order chi connectivity index (χ1) is 9.94. The van der Waals surface area contributed by atoms with Crippen molar-refractivity contribution in [3.63, 3.8) is 0 Å². The molecule has 1 aliphatic rings. The van der Waals surface area contributed by atoms with Crippen molar-refractivity contribution in [3.05, 3.63) is 24.3 Å². The molecule has 2 N–H and O–H groups in total. The highest BCUT2D eigenvalue weighted by Crippen LogP contribution is 2.24. The number of hydrogen-bond donors (Lipinski definition) is 2. The third-order valence-corrected chi connectivity index (χ3v) is 3.14. The Labute approximate surface area is 126 Å². The number of amides is 1. The number of benzene rings is 1. The van der Waals surface area contributed by atoms with Gasteiger partial charge in [-0.2, -0.15) is 0 Å². The Bertz CT molecular complexity index is 477. The molecule has 1 aliphatic heterocycles. The zero-order valence-electron chi connectivity index (χ0n) is 12.9. The van der Waals surface area contributed by atoms with Crippen LogP contribution in [0.1, 0.15) is 33.6 Å². The average molecular weight is 292 g/mol. The van der Waals surface area contributed by atoms with Gasteiger partial charge >= 0.3 is 6.09 Å². The maximum Gasteiger partial charge on any atom is 0.412 e. The van der Waals surface area contributed by atoms with Gasteiger partial charge in [0.25, 0.3) is 0 Å². The first kappa shape index (κ1) is 15.6. The van der Waals surface area contributed by atoms with E-state index >= 15 is 0 Å². The second-order valence-electron chi connectivity index (χ2n) is 6.20. The van der Waals surface area contributed by atoms with E-state index in [0.29, 0.717) is 6.04 Å². The van der Waals surface area contributed by atoms with Crippen LogP contribution in [-0.2, 0) is 9.47 Å².